The summed E-state index contributed by atoms with van der Waals surface area (Å²) in [5.74, 6) is 0.188. The summed E-state index contributed by atoms with van der Waals surface area (Å²) < 4.78 is 34.7. The molecule has 0 atom stereocenters. The lowest BCUT2D eigenvalue weighted by Crippen LogP contribution is -2.08. The number of hydrogen-bond donors (Lipinski definition) is 2. The molecule has 0 aliphatic carbocycles. The number of rotatable bonds is 8. The smallest absolute Gasteiger partial charge is 0.211 e. The molecular weight excluding hydrogens is 616 g/mol. The van der Waals surface area contributed by atoms with Crippen molar-refractivity contribution in [2.45, 2.75) is 16.7 Å². The number of ketones is 1. The summed E-state index contributed by atoms with van der Waals surface area (Å²) in [4.78, 5) is 13.4. The zero-order valence-electron chi connectivity index (χ0n) is 18.4. The lowest BCUT2D eigenvalue weighted by Gasteiger charge is -2.13. The molecule has 0 aliphatic rings. The summed E-state index contributed by atoms with van der Waals surface area (Å²) in [6.45, 7) is 2.29. The molecule has 3 aromatic carbocycles. The molecule has 0 saturated carbocycles. The van der Waals surface area contributed by atoms with Gasteiger partial charge in [0.25, 0.3) is 0 Å². The minimum Gasteiger partial charge on any atom is -0.492 e. The van der Waals surface area contributed by atoms with E-state index in [0.717, 1.165) is 20.3 Å². The number of carbonyl (C=O) groups excluding carboxylic acids is 1. The fourth-order valence-corrected chi connectivity index (χ4v) is 6.84. The Labute approximate surface area is 224 Å². The Balaban J connectivity index is 1.89. The standard InChI is InChI=1S/C25H20Br2N2O4S2/c1-2-33-20-6-4-3-5-19(20)29-25-24(35(31,32)18-13-11-17(27)12-14-18)21(28)23(34-25)22(30)15-7-9-16(26)10-8-15/h3-14,29H,2,28H2,1H3. The topological polar surface area (TPSA) is 98.5 Å². The van der Waals surface area contributed by atoms with Crippen molar-refractivity contribution in [1.82, 2.24) is 0 Å². The van der Waals surface area contributed by atoms with Gasteiger partial charge in [-0.25, -0.2) is 8.42 Å². The first-order valence-corrected chi connectivity index (χ1v) is 14.3. The number of anilines is 3. The molecule has 0 aliphatic heterocycles. The molecule has 180 valence electrons. The molecular formula is C25H20Br2N2O4S2. The highest BCUT2D eigenvalue weighted by Gasteiger charge is 2.32. The van der Waals surface area contributed by atoms with Gasteiger partial charge < -0.3 is 15.8 Å². The summed E-state index contributed by atoms with van der Waals surface area (Å²) in [5, 5.41) is 3.39. The number of carbonyl (C=O) groups is 1. The number of nitrogens with one attached hydrogen (secondary N) is 1. The fraction of sp³-hybridized carbons (Fsp3) is 0.0800. The molecule has 10 heteroatoms. The van der Waals surface area contributed by atoms with Crippen LogP contribution in [-0.4, -0.2) is 20.8 Å². The summed E-state index contributed by atoms with van der Waals surface area (Å²) >= 11 is 7.68. The number of hydrogen-bond acceptors (Lipinski definition) is 7. The van der Waals surface area contributed by atoms with Gasteiger partial charge in [0.05, 0.1) is 22.9 Å². The van der Waals surface area contributed by atoms with E-state index in [9.17, 15) is 13.2 Å². The molecule has 1 heterocycles. The van der Waals surface area contributed by atoms with E-state index in [2.05, 4.69) is 37.2 Å². The maximum Gasteiger partial charge on any atom is 0.211 e. The van der Waals surface area contributed by atoms with E-state index in [-0.39, 0.29) is 31.1 Å². The van der Waals surface area contributed by atoms with Crippen LogP contribution in [0.5, 0.6) is 5.75 Å². The quantitative estimate of drug-likeness (QED) is 0.201. The molecule has 1 aromatic heterocycles. The number of benzene rings is 3. The van der Waals surface area contributed by atoms with Gasteiger partial charge >= 0.3 is 0 Å². The molecule has 4 aromatic rings. The fourth-order valence-electron chi connectivity index (χ4n) is 3.38. The van der Waals surface area contributed by atoms with Crippen LogP contribution >= 0.6 is 43.2 Å². The van der Waals surface area contributed by atoms with Crippen molar-refractivity contribution in [3.8, 4) is 5.75 Å². The number of para-hydroxylation sites is 2. The lowest BCUT2D eigenvalue weighted by molar-refractivity contribution is 0.104. The number of nitrogens with two attached hydrogens (primary N) is 1. The van der Waals surface area contributed by atoms with Crippen molar-refractivity contribution >= 4 is 75.2 Å². The molecule has 0 bridgehead atoms. The van der Waals surface area contributed by atoms with E-state index in [0.29, 0.717) is 23.6 Å². The minimum absolute atomic E-state index is 0.0639. The first kappa shape index (κ1) is 25.4. The number of nitrogen functional groups attached to an aromatic ring is 1. The van der Waals surface area contributed by atoms with Crippen LogP contribution in [0.1, 0.15) is 22.2 Å². The third-order valence-corrected chi connectivity index (χ3v) is 9.20. The predicted octanol–water partition coefficient (Wildman–Crippen LogP) is 7.06. The highest BCUT2D eigenvalue weighted by Crippen LogP contribution is 2.45. The molecule has 6 nitrogen and oxygen atoms in total. The van der Waals surface area contributed by atoms with E-state index in [1.54, 1.807) is 54.6 Å². The second-order valence-corrected chi connectivity index (χ2v) is 12.1. The zero-order chi connectivity index (χ0) is 25.2. The van der Waals surface area contributed by atoms with Crippen LogP contribution in [0.3, 0.4) is 0 Å². The van der Waals surface area contributed by atoms with Crippen LogP contribution in [0.25, 0.3) is 0 Å². The summed E-state index contributed by atoms with van der Waals surface area (Å²) in [7, 11) is -4.06. The molecule has 4 rings (SSSR count). The molecule has 35 heavy (non-hydrogen) atoms. The third kappa shape index (κ3) is 5.30. The van der Waals surface area contributed by atoms with Crippen LogP contribution in [0.15, 0.2) is 91.5 Å². The molecule has 0 amide bonds. The van der Waals surface area contributed by atoms with Crippen LogP contribution < -0.4 is 15.8 Å². The van der Waals surface area contributed by atoms with Gasteiger partial charge in [-0.3, -0.25) is 4.79 Å². The molecule has 0 radical (unpaired) electrons. The Hall–Kier alpha value is -2.66. The summed E-state index contributed by atoms with van der Waals surface area (Å²) in [6, 6.07) is 20.2. The largest absolute Gasteiger partial charge is 0.492 e. The van der Waals surface area contributed by atoms with Crippen LogP contribution in [0.4, 0.5) is 16.4 Å². The normalized spacial score (nSPS) is 11.3. The highest BCUT2D eigenvalue weighted by atomic mass is 79.9. The molecule has 0 spiro atoms. The molecule has 0 saturated heterocycles. The van der Waals surface area contributed by atoms with E-state index in [1.807, 2.05) is 13.0 Å². The van der Waals surface area contributed by atoms with E-state index in [1.165, 1.54) is 12.1 Å². The Morgan fingerprint density at radius 3 is 2.20 bits per heavy atom. The van der Waals surface area contributed by atoms with Gasteiger partial charge in [0.1, 0.15) is 20.5 Å². The van der Waals surface area contributed by atoms with Gasteiger partial charge in [0.2, 0.25) is 15.6 Å². The van der Waals surface area contributed by atoms with Crippen molar-refractivity contribution in [3.63, 3.8) is 0 Å². The summed E-state index contributed by atoms with van der Waals surface area (Å²) in [5.41, 5.74) is 7.26. The Morgan fingerprint density at radius 1 is 0.971 bits per heavy atom. The van der Waals surface area contributed by atoms with Crippen LogP contribution in [0.2, 0.25) is 0 Å². The number of thiophene rings is 1. The van der Waals surface area contributed by atoms with Crippen molar-refractivity contribution in [1.29, 1.82) is 0 Å². The maximum atomic E-state index is 13.7. The van der Waals surface area contributed by atoms with Crippen molar-refractivity contribution in [2.24, 2.45) is 0 Å². The van der Waals surface area contributed by atoms with E-state index >= 15 is 0 Å². The van der Waals surface area contributed by atoms with Crippen molar-refractivity contribution < 1.29 is 17.9 Å². The van der Waals surface area contributed by atoms with Gasteiger partial charge in [-0.1, -0.05) is 44.0 Å². The number of halogens is 2. The van der Waals surface area contributed by atoms with E-state index < -0.39 is 9.84 Å². The molecule has 0 fully saturated rings. The zero-order valence-corrected chi connectivity index (χ0v) is 23.2. The van der Waals surface area contributed by atoms with Gasteiger partial charge in [-0.15, -0.1) is 11.3 Å². The van der Waals surface area contributed by atoms with Gasteiger partial charge in [0.15, 0.2) is 0 Å². The van der Waals surface area contributed by atoms with Gasteiger partial charge in [-0.2, -0.15) is 0 Å². The lowest BCUT2D eigenvalue weighted by atomic mass is 10.1. The van der Waals surface area contributed by atoms with E-state index in [4.69, 9.17) is 10.5 Å². The van der Waals surface area contributed by atoms with Crippen LogP contribution in [-0.2, 0) is 9.84 Å². The molecule has 3 N–H and O–H groups in total. The third-order valence-electron chi connectivity index (χ3n) is 5.04. The average molecular weight is 636 g/mol. The second-order valence-electron chi connectivity index (χ2n) is 7.35. The second kappa shape index (κ2) is 10.5. The number of sulfone groups is 1. The average Bonchev–Trinajstić information content (AvgIpc) is 3.17. The first-order valence-electron chi connectivity index (χ1n) is 10.4. The highest BCUT2D eigenvalue weighted by molar-refractivity contribution is 9.10. The van der Waals surface area contributed by atoms with Gasteiger partial charge in [0, 0.05) is 14.5 Å². The van der Waals surface area contributed by atoms with Crippen LogP contribution in [0, 0.1) is 0 Å². The Morgan fingerprint density at radius 2 is 1.57 bits per heavy atom. The van der Waals surface area contributed by atoms with Crippen molar-refractivity contribution in [3.05, 3.63) is 92.2 Å². The maximum absolute atomic E-state index is 13.7. The Kier molecular flexibility index (Phi) is 7.65. The predicted molar refractivity (Wildman–Crippen MR) is 147 cm³/mol. The first-order chi connectivity index (χ1) is 16.7. The monoisotopic (exact) mass is 634 g/mol. The van der Waals surface area contributed by atoms with Gasteiger partial charge in [-0.05, 0) is 67.6 Å². The minimum atomic E-state index is -4.06. The molecule has 0 unspecified atom stereocenters. The SMILES string of the molecule is CCOc1ccccc1Nc1sc(C(=O)c2ccc(Br)cc2)c(N)c1S(=O)(=O)c1ccc(Br)cc1. The summed E-state index contributed by atoms with van der Waals surface area (Å²) in [6.07, 6.45) is 0. The number of ether oxygens (including phenoxy) is 1. The Bertz CT molecular complexity index is 1480. The van der Waals surface area contributed by atoms with Crippen molar-refractivity contribution in [2.75, 3.05) is 17.7 Å².